The van der Waals surface area contributed by atoms with E-state index < -0.39 is 5.60 Å². The molecule has 25 heavy (non-hydrogen) atoms. The minimum absolute atomic E-state index is 0.320. The van der Waals surface area contributed by atoms with Crippen LogP contribution >= 0.6 is 11.8 Å². The average Bonchev–Trinajstić information content (AvgIpc) is 3.07. The Morgan fingerprint density at radius 3 is 2.72 bits per heavy atom. The number of rotatable bonds is 7. The second-order valence-corrected chi connectivity index (χ2v) is 7.04. The molecule has 1 atom stereocenters. The monoisotopic (exact) mass is 355 g/mol. The summed E-state index contributed by atoms with van der Waals surface area (Å²) < 4.78 is 1.67. The van der Waals surface area contributed by atoms with Gasteiger partial charge in [0.15, 0.2) is 0 Å². The maximum absolute atomic E-state index is 10.6. The molecule has 2 heterocycles. The van der Waals surface area contributed by atoms with E-state index in [0.29, 0.717) is 12.4 Å². The van der Waals surface area contributed by atoms with Gasteiger partial charge >= 0.3 is 0 Å². The van der Waals surface area contributed by atoms with Crippen LogP contribution in [0.25, 0.3) is 0 Å². The van der Waals surface area contributed by atoms with Crippen molar-refractivity contribution in [2.75, 3.05) is 11.9 Å². The third kappa shape index (κ3) is 4.80. The van der Waals surface area contributed by atoms with Gasteiger partial charge in [-0.2, -0.15) is 5.10 Å². The molecule has 7 heteroatoms. The number of nitrogens with zero attached hydrogens (tertiary/aromatic N) is 4. The van der Waals surface area contributed by atoms with Crippen molar-refractivity contribution >= 4 is 17.6 Å². The lowest BCUT2D eigenvalue weighted by Gasteiger charge is -2.22. The van der Waals surface area contributed by atoms with Gasteiger partial charge in [0.2, 0.25) is 0 Å². The lowest BCUT2D eigenvalue weighted by Crippen LogP contribution is -2.30. The summed E-state index contributed by atoms with van der Waals surface area (Å²) in [6.45, 7) is 2.07. The number of aliphatic hydroxyl groups is 1. The summed E-state index contributed by atoms with van der Waals surface area (Å²) in [7, 11) is 1.83. The predicted octanol–water partition coefficient (Wildman–Crippen LogP) is 2.82. The minimum Gasteiger partial charge on any atom is -0.383 e. The molecular weight excluding hydrogens is 334 g/mol. The number of anilines is 1. The van der Waals surface area contributed by atoms with E-state index in [0.717, 1.165) is 16.3 Å². The molecular formula is C18H21N5OS. The van der Waals surface area contributed by atoms with Crippen LogP contribution in [-0.2, 0) is 18.4 Å². The maximum atomic E-state index is 10.6. The van der Waals surface area contributed by atoms with E-state index in [-0.39, 0.29) is 0 Å². The van der Waals surface area contributed by atoms with Gasteiger partial charge < -0.3 is 10.4 Å². The van der Waals surface area contributed by atoms with E-state index in [1.54, 1.807) is 48.2 Å². The number of aromatic nitrogens is 4. The number of benzene rings is 1. The van der Waals surface area contributed by atoms with Crippen LogP contribution in [0.15, 0.2) is 60.1 Å². The summed E-state index contributed by atoms with van der Waals surface area (Å²) in [6.07, 6.45) is 6.88. The fraction of sp³-hybridized carbons (Fsp3) is 0.278. The fourth-order valence-electron chi connectivity index (χ4n) is 2.30. The molecule has 0 saturated carbocycles. The van der Waals surface area contributed by atoms with Gasteiger partial charge in [-0.1, -0.05) is 30.3 Å². The van der Waals surface area contributed by atoms with Crippen molar-refractivity contribution in [3.63, 3.8) is 0 Å². The number of hydrogen-bond acceptors (Lipinski definition) is 6. The largest absolute Gasteiger partial charge is 0.383 e. The molecule has 3 rings (SSSR count). The van der Waals surface area contributed by atoms with Gasteiger partial charge in [-0.15, -0.1) is 11.8 Å². The zero-order valence-corrected chi connectivity index (χ0v) is 15.1. The van der Waals surface area contributed by atoms with Crippen molar-refractivity contribution in [3.05, 3.63) is 66.2 Å². The van der Waals surface area contributed by atoms with Gasteiger partial charge in [-0.25, -0.2) is 4.98 Å². The molecule has 2 N–H and O–H groups in total. The van der Waals surface area contributed by atoms with Crippen molar-refractivity contribution < 1.29 is 5.11 Å². The highest BCUT2D eigenvalue weighted by atomic mass is 32.2. The Hall–Kier alpha value is -2.38. The summed E-state index contributed by atoms with van der Waals surface area (Å²) in [4.78, 5) is 8.78. The number of thioether (sulfide) groups is 1. The van der Waals surface area contributed by atoms with Crippen molar-refractivity contribution in [1.29, 1.82) is 0 Å². The van der Waals surface area contributed by atoms with E-state index in [1.807, 2.05) is 25.2 Å². The zero-order valence-electron chi connectivity index (χ0n) is 14.3. The minimum atomic E-state index is -1.04. The van der Waals surface area contributed by atoms with Crippen LogP contribution in [0.3, 0.4) is 0 Å². The molecule has 0 radical (unpaired) electrons. The first-order valence-electron chi connectivity index (χ1n) is 7.97. The van der Waals surface area contributed by atoms with Crippen LogP contribution < -0.4 is 5.32 Å². The Balaban J connectivity index is 1.60. The summed E-state index contributed by atoms with van der Waals surface area (Å²) >= 11 is 1.63. The highest BCUT2D eigenvalue weighted by Gasteiger charge is 2.24. The van der Waals surface area contributed by atoms with Crippen molar-refractivity contribution in [2.45, 2.75) is 23.3 Å². The molecule has 0 amide bonds. The van der Waals surface area contributed by atoms with E-state index in [2.05, 4.69) is 32.5 Å². The smallest absolute Gasteiger partial charge is 0.145 e. The molecule has 0 bridgehead atoms. The van der Waals surface area contributed by atoms with Crippen molar-refractivity contribution in [2.24, 2.45) is 7.05 Å². The molecule has 130 valence electrons. The predicted molar refractivity (Wildman–Crippen MR) is 99.3 cm³/mol. The molecule has 1 aromatic carbocycles. The van der Waals surface area contributed by atoms with Gasteiger partial charge in [-0.3, -0.25) is 9.67 Å². The van der Waals surface area contributed by atoms with Gasteiger partial charge in [0.05, 0.1) is 18.6 Å². The van der Waals surface area contributed by atoms with E-state index in [1.165, 1.54) is 5.56 Å². The Labute approximate surface area is 151 Å². The van der Waals surface area contributed by atoms with E-state index >= 15 is 0 Å². The summed E-state index contributed by atoms with van der Waals surface area (Å²) in [6, 6.07) is 10.2. The number of aryl methyl sites for hydroxylation is 1. The molecule has 0 aliphatic carbocycles. The van der Waals surface area contributed by atoms with Crippen molar-refractivity contribution in [3.8, 4) is 0 Å². The molecule has 0 spiro atoms. The van der Waals surface area contributed by atoms with Crippen LogP contribution in [-0.4, -0.2) is 31.4 Å². The molecule has 0 aliphatic heterocycles. The van der Waals surface area contributed by atoms with Gasteiger partial charge in [0.25, 0.3) is 0 Å². The normalized spacial score (nSPS) is 13.4. The summed E-state index contributed by atoms with van der Waals surface area (Å²) in [5.41, 5.74) is 0.959. The topological polar surface area (TPSA) is 75.9 Å². The third-order valence-corrected chi connectivity index (χ3v) is 4.75. The molecule has 2 aromatic heterocycles. The van der Waals surface area contributed by atoms with Crippen LogP contribution in [0, 0.1) is 0 Å². The van der Waals surface area contributed by atoms with Gasteiger partial charge in [0.1, 0.15) is 16.4 Å². The highest BCUT2D eigenvalue weighted by Crippen LogP contribution is 2.23. The Morgan fingerprint density at radius 2 is 2.00 bits per heavy atom. The zero-order chi connectivity index (χ0) is 17.7. The average molecular weight is 355 g/mol. The molecule has 0 saturated heterocycles. The summed E-state index contributed by atoms with van der Waals surface area (Å²) in [5, 5.41) is 18.7. The fourth-order valence-corrected chi connectivity index (χ4v) is 3.10. The number of nitrogens with one attached hydrogen (secondary N) is 1. The van der Waals surface area contributed by atoms with Crippen LogP contribution in [0.2, 0.25) is 0 Å². The lowest BCUT2D eigenvalue weighted by atomic mass is 10.00. The Bertz CT molecular complexity index is 819. The van der Waals surface area contributed by atoms with Crippen molar-refractivity contribution in [1.82, 2.24) is 19.7 Å². The van der Waals surface area contributed by atoms with Crippen LogP contribution in [0.4, 0.5) is 5.82 Å². The second-order valence-electron chi connectivity index (χ2n) is 6.05. The number of hydrogen-bond donors (Lipinski definition) is 2. The van der Waals surface area contributed by atoms with Gasteiger partial charge in [0, 0.05) is 31.1 Å². The third-order valence-electron chi connectivity index (χ3n) is 3.78. The Morgan fingerprint density at radius 1 is 1.20 bits per heavy atom. The maximum Gasteiger partial charge on any atom is 0.145 e. The Kier molecular flexibility index (Phi) is 5.35. The quantitative estimate of drug-likeness (QED) is 0.635. The van der Waals surface area contributed by atoms with Crippen LogP contribution in [0.5, 0.6) is 0 Å². The second kappa shape index (κ2) is 7.67. The molecule has 6 nitrogen and oxygen atoms in total. The van der Waals surface area contributed by atoms with E-state index in [9.17, 15) is 5.11 Å². The summed E-state index contributed by atoms with van der Waals surface area (Å²) in [5.74, 6) is 1.48. The standard InChI is InChI=1S/C18H21N5OS/c1-18(24,15-8-21-23(2)11-15)13-20-16-9-19-10-17(22-16)25-12-14-6-4-3-5-7-14/h3-11,24H,12-13H2,1-2H3,(H,20,22). The SMILES string of the molecule is Cn1cc(C(C)(O)CNc2cncc(SCc3ccccc3)n2)cn1. The lowest BCUT2D eigenvalue weighted by molar-refractivity contribution is 0.0713. The van der Waals surface area contributed by atoms with E-state index in [4.69, 9.17) is 0 Å². The molecule has 0 fully saturated rings. The molecule has 3 aromatic rings. The first kappa shape index (κ1) is 17.4. The highest BCUT2D eigenvalue weighted by molar-refractivity contribution is 7.98. The van der Waals surface area contributed by atoms with Gasteiger partial charge in [-0.05, 0) is 12.5 Å². The first-order valence-corrected chi connectivity index (χ1v) is 8.96. The van der Waals surface area contributed by atoms with Crippen LogP contribution in [0.1, 0.15) is 18.1 Å². The molecule has 1 unspecified atom stereocenters. The molecule has 0 aliphatic rings. The first-order chi connectivity index (χ1) is 12.0.